The van der Waals surface area contributed by atoms with Gasteiger partial charge in [-0.1, -0.05) is 6.07 Å². The van der Waals surface area contributed by atoms with Crippen LogP contribution in [-0.2, 0) is 11.3 Å². The first-order valence-corrected chi connectivity index (χ1v) is 6.82. The Labute approximate surface area is 114 Å². The second-order valence-corrected chi connectivity index (χ2v) is 4.56. The van der Waals surface area contributed by atoms with Crippen LogP contribution in [-0.4, -0.2) is 30.4 Å². The van der Waals surface area contributed by atoms with E-state index in [1.807, 2.05) is 25.7 Å². The fraction of sp³-hybridized carbons (Fsp3) is 0.533. The van der Waals surface area contributed by atoms with Crippen LogP contribution in [0.3, 0.4) is 0 Å². The van der Waals surface area contributed by atoms with Gasteiger partial charge in [-0.15, -0.1) is 0 Å². The van der Waals surface area contributed by atoms with Crippen molar-refractivity contribution in [3.05, 3.63) is 35.1 Å². The van der Waals surface area contributed by atoms with Gasteiger partial charge in [-0.25, -0.2) is 4.39 Å². The highest BCUT2D eigenvalue weighted by Gasteiger charge is 2.08. The number of aryl methyl sites for hydroxylation is 1. The maximum atomic E-state index is 12.9. The van der Waals surface area contributed by atoms with E-state index in [-0.39, 0.29) is 11.7 Å². The van der Waals surface area contributed by atoms with Crippen LogP contribution in [0.4, 0.5) is 4.39 Å². The van der Waals surface area contributed by atoms with Crippen molar-refractivity contribution >= 4 is 5.91 Å². The molecular weight excluding hydrogens is 243 g/mol. The largest absolute Gasteiger partial charge is 0.343 e. The molecule has 0 saturated heterocycles. The van der Waals surface area contributed by atoms with Crippen molar-refractivity contribution in [1.29, 1.82) is 0 Å². The number of nitrogens with zero attached hydrogens (tertiary/aromatic N) is 1. The maximum Gasteiger partial charge on any atom is 0.223 e. The molecule has 1 amide bonds. The molecule has 0 aliphatic carbocycles. The van der Waals surface area contributed by atoms with E-state index < -0.39 is 0 Å². The monoisotopic (exact) mass is 266 g/mol. The van der Waals surface area contributed by atoms with Crippen molar-refractivity contribution in [3.63, 3.8) is 0 Å². The standard InChI is InChI=1S/C15H23FN2O/c1-4-18(5-2)15(19)8-9-17-11-13-6-7-14(16)10-12(13)3/h6-7,10,17H,4-5,8-9,11H2,1-3H3. The van der Waals surface area contributed by atoms with E-state index in [0.29, 0.717) is 19.5 Å². The molecule has 0 heterocycles. The molecule has 19 heavy (non-hydrogen) atoms. The first-order chi connectivity index (χ1) is 9.08. The quantitative estimate of drug-likeness (QED) is 0.769. The van der Waals surface area contributed by atoms with E-state index in [1.54, 1.807) is 6.07 Å². The summed E-state index contributed by atoms with van der Waals surface area (Å²) in [6.07, 6.45) is 0.502. The van der Waals surface area contributed by atoms with Crippen molar-refractivity contribution in [1.82, 2.24) is 10.2 Å². The molecular formula is C15H23FN2O. The van der Waals surface area contributed by atoms with Crippen molar-refractivity contribution in [3.8, 4) is 0 Å². The summed E-state index contributed by atoms with van der Waals surface area (Å²) in [5.41, 5.74) is 2.00. The topological polar surface area (TPSA) is 32.3 Å². The Morgan fingerprint density at radius 3 is 2.58 bits per heavy atom. The van der Waals surface area contributed by atoms with Gasteiger partial charge in [0.25, 0.3) is 0 Å². The predicted molar refractivity (Wildman–Crippen MR) is 75.4 cm³/mol. The van der Waals surface area contributed by atoms with Crippen LogP contribution >= 0.6 is 0 Å². The number of halogens is 1. The molecule has 0 aliphatic heterocycles. The van der Waals surface area contributed by atoms with E-state index in [1.165, 1.54) is 12.1 Å². The third-order valence-electron chi connectivity index (χ3n) is 3.25. The van der Waals surface area contributed by atoms with Crippen LogP contribution < -0.4 is 5.32 Å². The summed E-state index contributed by atoms with van der Waals surface area (Å²) in [7, 11) is 0. The molecule has 0 saturated carbocycles. The number of amides is 1. The zero-order chi connectivity index (χ0) is 14.3. The highest BCUT2D eigenvalue weighted by molar-refractivity contribution is 5.76. The molecule has 0 fully saturated rings. The Morgan fingerprint density at radius 2 is 2.00 bits per heavy atom. The molecule has 0 atom stereocenters. The Kier molecular flexibility index (Phi) is 6.50. The fourth-order valence-electron chi connectivity index (χ4n) is 2.01. The average Bonchev–Trinajstić information content (AvgIpc) is 2.38. The molecule has 0 aliphatic rings. The lowest BCUT2D eigenvalue weighted by molar-refractivity contribution is -0.130. The molecule has 4 heteroatoms. The minimum absolute atomic E-state index is 0.174. The number of nitrogens with one attached hydrogen (secondary N) is 1. The Balaban J connectivity index is 2.33. The SMILES string of the molecule is CCN(CC)C(=O)CCNCc1ccc(F)cc1C. The molecule has 3 nitrogen and oxygen atoms in total. The van der Waals surface area contributed by atoms with Crippen LogP contribution in [0.5, 0.6) is 0 Å². The lowest BCUT2D eigenvalue weighted by Gasteiger charge is -2.18. The highest BCUT2D eigenvalue weighted by Crippen LogP contribution is 2.09. The normalized spacial score (nSPS) is 10.5. The van der Waals surface area contributed by atoms with Crippen molar-refractivity contribution < 1.29 is 9.18 Å². The van der Waals surface area contributed by atoms with Crippen LogP contribution in [0.15, 0.2) is 18.2 Å². The summed E-state index contributed by atoms with van der Waals surface area (Å²) in [6.45, 7) is 8.68. The summed E-state index contributed by atoms with van der Waals surface area (Å²) in [6, 6.07) is 4.77. The molecule has 1 rings (SSSR count). The summed E-state index contributed by atoms with van der Waals surface area (Å²) < 4.78 is 12.9. The van der Waals surface area contributed by atoms with E-state index in [4.69, 9.17) is 0 Å². The third-order valence-corrected chi connectivity index (χ3v) is 3.25. The number of hydrogen-bond acceptors (Lipinski definition) is 2. The minimum Gasteiger partial charge on any atom is -0.343 e. The first kappa shape index (κ1) is 15.6. The Bertz CT molecular complexity index is 417. The molecule has 1 aromatic carbocycles. The van der Waals surface area contributed by atoms with Crippen molar-refractivity contribution in [2.75, 3.05) is 19.6 Å². The lowest BCUT2D eigenvalue weighted by Crippen LogP contribution is -2.32. The van der Waals surface area contributed by atoms with Gasteiger partial charge in [-0.05, 0) is 44.0 Å². The molecule has 1 aromatic rings. The fourth-order valence-corrected chi connectivity index (χ4v) is 2.01. The molecule has 0 radical (unpaired) electrons. The van der Waals surface area contributed by atoms with Gasteiger partial charge in [-0.2, -0.15) is 0 Å². The third kappa shape index (κ3) is 4.99. The number of benzene rings is 1. The van der Waals surface area contributed by atoms with E-state index >= 15 is 0 Å². The highest BCUT2D eigenvalue weighted by atomic mass is 19.1. The van der Waals surface area contributed by atoms with Crippen LogP contribution in [0.2, 0.25) is 0 Å². The van der Waals surface area contributed by atoms with Gasteiger partial charge in [0.15, 0.2) is 0 Å². The van der Waals surface area contributed by atoms with Gasteiger partial charge >= 0.3 is 0 Å². The smallest absolute Gasteiger partial charge is 0.223 e. The summed E-state index contributed by atoms with van der Waals surface area (Å²) in [5.74, 6) is -0.0358. The molecule has 106 valence electrons. The second-order valence-electron chi connectivity index (χ2n) is 4.56. The lowest BCUT2D eigenvalue weighted by atomic mass is 10.1. The average molecular weight is 266 g/mol. The molecule has 1 N–H and O–H groups in total. The number of rotatable bonds is 7. The second kappa shape index (κ2) is 7.89. The summed E-state index contributed by atoms with van der Waals surface area (Å²) in [5, 5.41) is 3.23. The maximum absolute atomic E-state index is 12.9. The summed E-state index contributed by atoms with van der Waals surface area (Å²) >= 11 is 0. The van der Waals surface area contributed by atoms with Gasteiger partial charge < -0.3 is 10.2 Å². The van der Waals surface area contributed by atoms with E-state index in [9.17, 15) is 9.18 Å². The van der Waals surface area contributed by atoms with Gasteiger partial charge in [0.05, 0.1) is 0 Å². The first-order valence-electron chi connectivity index (χ1n) is 6.82. The van der Waals surface area contributed by atoms with Crippen LogP contribution in [0.1, 0.15) is 31.4 Å². The number of carbonyl (C=O) groups excluding carboxylic acids is 1. The number of carbonyl (C=O) groups is 1. The molecule has 0 aromatic heterocycles. The van der Waals surface area contributed by atoms with Gasteiger partial charge in [-0.3, -0.25) is 4.79 Å². The molecule has 0 bridgehead atoms. The number of hydrogen-bond donors (Lipinski definition) is 1. The van der Waals surface area contributed by atoms with Gasteiger partial charge in [0.1, 0.15) is 5.82 Å². The van der Waals surface area contributed by atoms with Crippen LogP contribution in [0, 0.1) is 12.7 Å². The Morgan fingerprint density at radius 1 is 1.32 bits per heavy atom. The van der Waals surface area contributed by atoms with E-state index in [0.717, 1.165) is 24.2 Å². The van der Waals surface area contributed by atoms with Crippen molar-refractivity contribution in [2.45, 2.75) is 33.7 Å². The summed E-state index contributed by atoms with van der Waals surface area (Å²) in [4.78, 5) is 13.6. The van der Waals surface area contributed by atoms with Crippen LogP contribution in [0.25, 0.3) is 0 Å². The zero-order valence-corrected chi connectivity index (χ0v) is 12.0. The predicted octanol–water partition coefficient (Wildman–Crippen LogP) is 2.48. The zero-order valence-electron chi connectivity index (χ0n) is 12.0. The van der Waals surface area contributed by atoms with Gasteiger partial charge in [0, 0.05) is 32.6 Å². The molecule has 0 unspecified atom stereocenters. The minimum atomic E-state index is -0.210. The van der Waals surface area contributed by atoms with Crippen molar-refractivity contribution in [2.24, 2.45) is 0 Å². The molecule has 0 spiro atoms. The van der Waals surface area contributed by atoms with E-state index in [2.05, 4.69) is 5.32 Å². The Hall–Kier alpha value is -1.42. The van der Waals surface area contributed by atoms with Gasteiger partial charge in [0.2, 0.25) is 5.91 Å².